The van der Waals surface area contributed by atoms with Crippen LogP contribution in [0.4, 0.5) is 0 Å². The minimum atomic E-state index is 0.0925. The molecule has 46 valence electrons. The molecule has 0 bridgehead atoms. The minimum absolute atomic E-state index is 0.0925. The van der Waals surface area contributed by atoms with Crippen LogP contribution in [0.5, 0.6) is 0 Å². The first-order valence-corrected chi connectivity index (χ1v) is 3.05. The van der Waals surface area contributed by atoms with Crippen molar-refractivity contribution in [2.75, 3.05) is 0 Å². The Bertz CT molecular complexity index is 96.7. The zero-order chi connectivity index (χ0) is 6.41. The Hall–Kier alpha value is -0.480. The molecule has 0 saturated heterocycles. The van der Waals surface area contributed by atoms with Gasteiger partial charge in [-0.2, -0.15) is 0 Å². The molecule has 0 fully saturated rings. The largest absolute Gasteiger partial charge is 0.318 e. The van der Waals surface area contributed by atoms with Gasteiger partial charge in [-0.15, -0.1) is 5.92 Å². The van der Waals surface area contributed by atoms with Crippen LogP contribution in [0.15, 0.2) is 0 Å². The van der Waals surface area contributed by atoms with Gasteiger partial charge in [0.05, 0.1) is 6.04 Å². The molecule has 1 atom stereocenters. The molecule has 2 N–H and O–H groups in total. The maximum atomic E-state index is 5.49. The first-order valence-electron chi connectivity index (χ1n) is 3.05. The summed E-state index contributed by atoms with van der Waals surface area (Å²) in [5.41, 5.74) is 5.49. The predicted molar refractivity (Wildman–Crippen MR) is 36.3 cm³/mol. The van der Waals surface area contributed by atoms with Crippen molar-refractivity contribution >= 4 is 0 Å². The summed E-state index contributed by atoms with van der Waals surface area (Å²) in [4.78, 5) is 0. The van der Waals surface area contributed by atoms with E-state index in [0.29, 0.717) is 0 Å². The molecule has 0 aliphatic carbocycles. The fourth-order valence-corrected chi connectivity index (χ4v) is 0.335. The lowest BCUT2D eigenvalue weighted by atomic mass is 10.2. The third-order valence-corrected chi connectivity index (χ3v) is 0.904. The molecule has 0 heterocycles. The fourth-order valence-electron chi connectivity index (χ4n) is 0.335. The van der Waals surface area contributed by atoms with E-state index in [-0.39, 0.29) is 6.04 Å². The van der Waals surface area contributed by atoms with E-state index < -0.39 is 0 Å². The van der Waals surface area contributed by atoms with Gasteiger partial charge in [0.1, 0.15) is 0 Å². The summed E-state index contributed by atoms with van der Waals surface area (Å²) in [5.74, 6) is 5.83. The van der Waals surface area contributed by atoms with E-state index in [1.54, 1.807) is 0 Å². The predicted octanol–water partition coefficient (Wildman–Crippen LogP) is 1.14. The van der Waals surface area contributed by atoms with E-state index in [1.165, 1.54) is 0 Å². The van der Waals surface area contributed by atoms with Crippen LogP contribution >= 0.6 is 0 Å². The highest BCUT2D eigenvalue weighted by atomic mass is 14.6. The van der Waals surface area contributed by atoms with Gasteiger partial charge in [0, 0.05) is 6.42 Å². The molecule has 0 spiro atoms. The van der Waals surface area contributed by atoms with Gasteiger partial charge < -0.3 is 5.73 Å². The van der Waals surface area contributed by atoms with Crippen LogP contribution in [0.3, 0.4) is 0 Å². The molecule has 0 rings (SSSR count). The molecule has 0 saturated carbocycles. The van der Waals surface area contributed by atoms with Crippen LogP contribution < -0.4 is 5.73 Å². The zero-order valence-corrected chi connectivity index (χ0v) is 5.57. The zero-order valence-electron chi connectivity index (χ0n) is 5.57. The number of nitrogens with two attached hydrogens (primary N) is 1. The summed E-state index contributed by atoms with van der Waals surface area (Å²) in [7, 11) is 0. The fraction of sp³-hybridized carbons (Fsp3) is 0.714. The van der Waals surface area contributed by atoms with E-state index in [1.807, 2.05) is 13.8 Å². The first kappa shape index (κ1) is 7.52. The van der Waals surface area contributed by atoms with Crippen molar-refractivity contribution in [2.45, 2.75) is 32.7 Å². The van der Waals surface area contributed by atoms with Gasteiger partial charge in [-0.05, 0) is 6.42 Å². The molecule has 0 aromatic heterocycles. The third-order valence-electron chi connectivity index (χ3n) is 0.904. The molecule has 0 radical (unpaired) electrons. The van der Waals surface area contributed by atoms with Gasteiger partial charge in [-0.1, -0.05) is 19.8 Å². The average molecular weight is 111 g/mol. The van der Waals surface area contributed by atoms with Crippen molar-refractivity contribution < 1.29 is 0 Å². The van der Waals surface area contributed by atoms with E-state index in [2.05, 4.69) is 11.8 Å². The standard InChI is InChI=1S/C7H13N/c1-3-5-6-7(8)4-2/h7H,3-4,8H2,1-2H3/t7-/m0/s1. The Morgan fingerprint density at radius 3 is 2.50 bits per heavy atom. The summed E-state index contributed by atoms with van der Waals surface area (Å²) < 4.78 is 0. The normalized spacial score (nSPS) is 11.9. The SMILES string of the molecule is CCC#C[C@@H](N)CC. The van der Waals surface area contributed by atoms with Gasteiger partial charge in [0.15, 0.2) is 0 Å². The second kappa shape index (κ2) is 4.67. The molecule has 0 aliphatic rings. The van der Waals surface area contributed by atoms with Gasteiger partial charge in [-0.3, -0.25) is 0 Å². The lowest BCUT2D eigenvalue weighted by molar-refractivity contribution is 0.805. The van der Waals surface area contributed by atoms with Crippen molar-refractivity contribution in [3.05, 3.63) is 0 Å². The second-order valence-corrected chi connectivity index (χ2v) is 1.69. The monoisotopic (exact) mass is 111 g/mol. The van der Waals surface area contributed by atoms with Crippen LogP contribution in [0.1, 0.15) is 26.7 Å². The van der Waals surface area contributed by atoms with Crippen LogP contribution in [-0.4, -0.2) is 6.04 Å². The number of rotatable bonds is 1. The summed E-state index contributed by atoms with van der Waals surface area (Å²) >= 11 is 0. The van der Waals surface area contributed by atoms with Crippen molar-refractivity contribution in [1.82, 2.24) is 0 Å². The highest BCUT2D eigenvalue weighted by Gasteiger charge is 1.86. The van der Waals surface area contributed by atoms with E-state index in [4.69, 9.17) is 5.73 Å². The molecule has 0 amide bonds. The topological polar surface area (TPSA) is 26.0 Å². The maximum Gasteiger partial charge on any atom is 0.0661 e. The summed E-state index contributed by atoms with van der Waals surface area (Å²) in [6.07, 6.45) is 1.86. The Morgan fingerprint density at radius 2 is 2.12 bits per heavy atom. The molecule has 0 unspecified atom stereocenters. The summed E-state index contributed by atoms with van der Waals surface area (Å²) in [6, 6.07) is 0.0925. The summed E-state index contributed by atoms with van der Waals surface area (Å²) in [5, 5.41) is 0. The Labute approximate surface area is 51.3 Å². The number of hydrogen-bond donors (Lipinski definition) is 1. The average Bonchev–Trinajstić information content (AvgIpc) is 1.83. The third kappa shape index (κ3) is 3.70. The van der Waals surface area contributed by atoms with Gasteiger partial charge >= 0.3 is 0 Å². The highest BCUT2D eigenvalue weighted by molar-refractivity contribution is 5.05. The van der Waals surface area contributed by atoms with Crippen LogP contribution in [0.25, 0.3) is 0 Å². The lowest BCUT2D eigenvalue weighted by Gasteiger charge is -1.93. The molecule has 8 heavy (non-hydrogen) atoms. The van der Waals surface area contributed by atoms with E-state index in [9.17, 15) is 0 Å². The molecular weight excluding hydrogens is 98.1 g/mol. The minimum Gasteiger partial charge on any atom is -0.318 e. The van der Waals surface area contributed by atoms with E-state index >= 15 is 0 Å². The number of hydrogen-bond acceptors (Lipinski definition) is 1. The molecule has 0 aromatic rings. The Balaban J connectivity index is 3.35. The van der Waals surface area contributed by atoms with E-state index in [0.717, 1.165) is 12.8 Å². The first-order chi connectivity index (χ1) is 3.81. The molecular formula is C7H13N. The van der Waals surface area contributed by atoms with Crippen molar-refractivity contribution in [3.8, 4) is 11.8 Å². The van der Waals surface area contributed by atoms with Crippen LogP contribution in [0, 0.1) is 11.8 Å². The highest BCUT2D eigenvalue weighted by Crippen LogP contribution is 1.81. The Morgan fingerprint density at radius 1 is 1.50 bits per heavy atom. The van der Waals surface area contributed by atoms with Crippen LogP contribution in [0.2, 0.25) is 0 Å². The Kier molecular flexibility index (Phi) is 4.39. The lowest BCUT2D eigenvalue weighted by Crippen LogP contribution is -2.15. The van der Waals surface area contributed by atoms with Crippen molar-refractivity contribution in [2.24, 2.45) is 5.73 Å². The second-order valence-electron chi connectivity index (χ2n) is 1.69. The molecule has 1 nitrogen and oxygen atoms in total. The van der Waals surface area contributed by atoms with Crippen molar-refractivity contribution in [3.63, 3.8) is 0 Å². The van der Waals surface area contributed by atoms with Gasteiger partial charge in [0.2, 0.25) is 0 Å². The summed E-state index contributed by atoms with van der Waals surface area (Å²) in [6.45, 7) is 4.06. The molecule has 0 aliphatic heterocycles. The van der Waals surface area contributed by atoms with Crippen LogP contribution in [-0.2, 0) is 0 Å². The quantitative estimate of drug-likeness (QED) is 0.504. The van der Waals surface area contributed by atoms with Gasteiger partial charge in [-0.25, -0.2) is 0 Å². The molecule has 0 aromatic carbocycles. The smallest absolute Gasteiger partial charge is 0.0661 e. The maximum absolute atomic E-state index is 5.49. The van der Waals surface area contributed by atoms with Crippen molar-refractivity contribution in [1.29, 1.82) is 0 Å². The molecule has 1 heteroatoms. The van der Waals surface area contributed by atoms with Gasteiger partial charge in [0.25, 0.3) is 0 Å².